The minimum Gasteiger partial charge on any atom is -0.481 e. The van der Waals surface area contributed by atoms with Crippen LogP contribution in [-0.2, 0) is 16.1 Å². The molecule has 2 rings (SSSR count). The second kappa shape index (κ2) is 4.80. The monoisotopic (exact) mass is 251 g/mol. The van der Waals surface area contributed by atoms with Crippen LogP contribution in [0.15, 0.2) is 12.4 Å². The summed E-state index contributed by atoms with van der Waals surface area (Å²) in [5, 5.41) is 9.26. The van der Waals surface area contributed by atoms with Crippen LogP contribution in [0.2, 0.25) is 0 Å². The Kier molecular flexibility index (Phi) is 3.36. The Bertz CT molecular complexity index is 469. The molecule has 2 heterocycles. The summed E-state index contributed by atoms with van der Waals surface area (Å²) >= 11 is 0. The van der Waals surface area contributed by atoms with E-state index in [9.17, 15) is 14.7 Å². The number of hydrogen-bond acceptors (Lipinski definition) is 3. The van der Waals surface area contributed by atoms with E-state index in [1.165, 1.54) is 0 Å². The van der Waals surface area contributed by atoms with Gasteiger partial charge in [-0.3, -0.25) is 9.59 Å². The van der Waals surface area contributed by atoms with Gasteiger partial charge in [0.2, 0.25) is 5.91 Å². The first-order valence-electron chi connectivity index (χ1n) is 6.13. The molecule has 0 saturated carbocycles. The lowest BCUT2D eigenvalue weighted by Gasteiger charge is -2.25. The molecule has 1 fully saturated rings. The quantitative estimate of drug-likeness (QED) is 0.862. The summed E-state index contributed by atoms with van der Waals surface area (Å²) in [6, 6.07) is -0.449. The molecule has 1 N–H and O–H groups in total. The SMILES string of the molecule is CCN1C(=O)C[C@H](C(=O)O)[C@H]1c1nccn1CC. The maximum absolute atomic E-state index is 11.9. The number of carboxylic acid groups (broad SMARTS) is 1. The van der Waals surface area contributed by atoms with Gasteiger partial charge in [-0.05, 0) is 13.8 Å². The van der Waals surface area contributed by atoms with Crippen molar-refractivity contribution < 1.29 is 14.7 Å². The smallest absolute Gasteiger partial charge is 0.309 e. The molecule has 1 amide bonds. The van der Waals surface area contributed by atoms with E-state index in [1.807, 2.05) is 24.6 Å². The van der Waals surface area contributed by atoms with Crippen molar-refractivity contribution >= 4 is 11.9 Å². The molecule has 1 aromatic rings. The Morgan fingerprint density at radius 1 is 1.50 bits per heavy atom. The van der Waals surface area contributed by atoms with E-state index in [-0.39, 0.29) is 12.3 Å². The van der Waals surface area contributed by atoms with Crippen molar-refractivity contribution in [3.05, 3.63) is 18.2 Å². The number of carbonyl (C=O) groups is 2. The lowest BCUT2D eigenvalue weighted by atomic mass is 10.00. The van der Waals surface area contributed by atoms with Crippen molar-refractivity contribution in [1.82, 2.24) is 14.5 Å². The molecular weight excluding hydrogens is 234 g/mol. The molecule has 2 atom stereocenters. The molecule has 1 aromatic heterocycles. The van der Waals surface area contributed by atoms with Crippen molar-refractivity contribution in [2.75, 3.05) is 6.54 Å². The van der Waals surface area contributed by atoms with Gasteiger partial charge in [0.05, 0.1) is 5.92 Å². The predicted molar refractivity (Wildman–Crippen MR) is 63.8 cm³/mol. The Morgan fingerprint density at radius 3 is 2.78 bits per heavy atom. The number of likely N-dealkylation sites (tertiary alicyclic amines) is 1. The van der Waals surface area contributed by atoms with E-state index in [2.05, 4.69) is 4.98 Å². The number of rotatable bonds is 4. The highest BCUT2D eigenvalue weighted by molar-refractivity contribution is 5.87. The van der Waals surface area contributed by atoms with Crippen molar-refractivity contribution in [3.8, 4) is 0 Å². The molecule has 6 nitrogen and oxygen atoms in total. The third-order valence-corrected chi connectivity index (χ3v) is 3.44. The van der Waals surface area contributed by atoms with Gasteiger partial charge in [-0.2, -0.15) is 0 Å². The third-order valence-electron chi connectivity index (χ3n) is 3.44. The first kappa shape index (κ1) is 12.6. The number of amides is 1. The number of carboxylic acids is 1. The highest BCUT2D eigenvalue weighted by Gasteiger charge is 2.45. The number of nitrogens with zero attached hydrogens (tertiary/aromatic N) is 3. The number of carbonyl (C=O) groups excluding carboxylic acids is 1. The number of aromatic nitrogens is 2. The van der Waals surface area contributed by atoms with Crippen LogP contribution in [-0.4, -0.2) is 38.0 Å². The Balaban J connectivity index is 2.42. The van der Waals surface area contributed by atoms with Gasteiger partial charge in [-0.1, -0.05) is 0 Å². The van der Waals surface area contributed by atoms with Crippen LogP contribution in [0.4, 0.5) is 0 Å². The molecule has 1 aliphatic rings. The number of aliphatic carboxylic acids is 1. The second-order valence-corrected chi connectivity index (χ2v) is 4.34. The normalized spacial score (nSPS) is 23.7. The Morgan fingerprint density at radius 2 is 2.22 bits per heavy atom. The van der Waals surface area contributed by atoms with Gasteiger partial charge in [0.15, 0.2) is 0 Å². The van der Waals surface area contributed by atoms with Crippen molar-refractivity contribution in [2.45, 2.75) is 32.9 Å². The van der Waals surface area contributed by atoms with Crippen molar-refractivity contribution in [1.29, 1.82) is 0 Å². The topological polar surface area (TPSA) is 75.4 Å². The third kappa shape index (κ3) is 1.87. The standard InChI is InChI=1S/C12H17N3O3/c1-3-14-6-5-13-11(14)10-8(12(17)18)7-9(16)15(10)4-2/h5-6,8,10H,3-4,7H2,1-2H3,(H,17,18)/t8-,10-/m0/s1. The second-order valence-electron chi connectivity index (χ2n) is 4.34. The fourth-order valence-electron chi connectivity index (χ4n) is 2.56. The Labute approximate surface area is 105 Å². The van der Waals surface area contributed by atoms with Gasteiger partial charge < -0.3 is 14.6 Å². The van der Waals surface area contributed by atoms with Crippen LogP contribution in [0.5, 0.6) is 0 Å². The van der Waals surface area contributed by atoms with E-state index in [0.29, 0.717) is 18.9 Å². The summed E-state index contributed by atoms with van der Waals surface area (Å²) in [5.41, 5.74) is 0. The van der Waals surface area contributed by atoms with E-state index < -0.39 is 17.9 Å². The van der Waals surface area contributed by atoms with Gasteiger partial charge in [0.1, 0.15) is 11.9 Å². The average molecular weight is 251 g/mol. The van der Waals surface area contributed by atoms with E-state index in [1.54, 1.807) is 11.1 Å². The van der Waals surface area contributed by atoms with Crippen molar-refractivity contribution in [3.63, 3.8) is 0 Å². The fraction of sp³-hybridized carbons (Fsp3) is 0.583. The first-order valence-corrected chi connectivity index (χ1v) is 6.13. The molecule has 0 spiro atoms. The lowest BCUT2D eigenvalue weighted by molar-refractivity contribution is -0.142. The molecule has 18 heavy (non-hydrogen) atoms. The molecule has 0 aliphatic carbocycles. The van der Waals surface area contributed by atoms with E-state index >= 15 is 0 Å². The summed E-state index contributed by atoms with van der Waals surface area (Å²) in [6.07, 6.45) is 3.52. The lowest BCUT2D eigenvalue weighted by Crippen LogP contribution is -2.32. The van der Waals surface area contributed by atoms with Crippen LogP contribution in [0.3, 0.4) is 0 Å². The molecule has 98 valence electrons. The molecule has 0 aromatic carbocycles. The fourth-order valence-corrected chi connectivity index (χ4v) is 2.56. The van der Waals surface area contributed by atoms with E-state index in [0.717, 1.165) is 0 Å². The summed E-state index contributed by atoms with van der Waals surface area (Å²) in [5.74, 6) is -1.08. The van der Waals surface area contributed by atoms with Crippen LogP contribution < -0.4 is 0 Å². The van der Waals surface area contributed by atoms with E-state index in [4.69, 9.17) is 0 Å². The van der Waals surface area contributed by atoms with Gasteiger partial charge in [0, 0.05) is 31.9 Å². The zero-order chi connectivity index (χ0) is 13.3. The molecule has 6 heteroatoms. The molecule has 0 unspecified atom stereocenters. The maximum atomic E-state index is 11.9. The zero-order valence-corrected chi connectivity index (χ0v) is 10.5. The van der Waals surface area contributed by atoms with Crippen LogP contribution >= 0.6 is 0 Å². The molecule has 1 aliphatic heterocycles. The van der Waals surface area contributed by atoms with Gasteiger partial charge in [0.25, 0.3) is 0 Å². The highest BCUT2D eigenvalue weighted by atomic mass is 16.4. The molecular formula is C12H17N3O3. The first-order chi connectivity index (χ1) is 8.60. The number of imidazole rings is 1. The van der Waals surface area contributed by atoms with Gasteiger partial charge in [-0.15, -0.1) is 0 Å². The predicted octanol–water partition coefficient (Wildman–Crippen LogP) is 0.897. The van der Waals surface area contributed by atoms with Crippen LogP contribution in [0.25, 0.3) is 0 Å². The summed E-state index contributed by atoms with van der Waals surface area (Å²) in [4.78, 5) is 29.0. The number of hydrogen-bond donors (Lipinski definition) is 1. The summed E-state index contributed by atoms with van der Waals surface area (Å²) in [6.45, 7) is 5.04. The van der Waals surface area contributed by atoms with Crippen LogP contribution in [0.1, 0.15) is 32.1 Å². The Hall–Kier alpha value is -1.85. The van der Waals surface area contributed by atoms with Crippen LogP contribution in [0, 0.1) is 5.92 Å². The van der Waals surface area contributed by atoms with Gasteiger partial charge in [-0.25, -0.2) is 4.98 Å². The minimum atomic E-state index is -0.935. The van der Waals surface area contributed by atoms with Gasteiger partial charge >= 0.3 is 5.97 Å². The molecule has 0 bridgehead atoms. The molecule has 1 saturated heterocycles. The molecule has 0 radical (unpaired) electrons. The number of aryl methyl sites for hydroxylation is 1. The largest absolute Gasteiger partial charge is 0.481 e. The maximum Gasteiger partial charge on any atom is 0.309 e. The summed E-state index contributed by atoms with van der Waals surface area (Å²) < 4.78 is 1.89. The zero-order valence-electron chi connectivity index (χ0n) is 10.5. The summed E-state index contributed by atoms with van der Waals surface area (Å²) in [7, 11) is 0. The van der Waals surface area contributed by atoms with Crippen molar-refractivity contribution in [2.24, 2.45) is 5.92 Å². The minimum absolute atomic E-state index is 0.0599. The highest BCUT2D eigenvalue weighted by Crippen LogP contribution is 2.37. The average Bonchev–Trinajstić information content (AvgIpc) is 2.91.